The minimum Gasteiger partial charge on any atom is -0.319 e. The molecule has 2 bridgehead atoms. The molecular formula is C22H29ClN2O4. The number of ether oxygens (including phenoxy) is 1. The van der Waals surface area contributed by atoms with Crippen LogP contribution >= 0.6 is 11.6 Å². The van der Waals surface area contributed by atoms with E-state index in [4.69, 9.17) is 26.1 Å². The molecule has 4 saturated heterocycles. The molecule has 6 nitrogen and oxygen atoms in total. The van der Waals surface area contributed by atoms with Gasteiger partial charge in [-0.3, -0.25) is 4.79 Å². The van der Waals surface area contributed by atoms with Gasteiger partial charge in [0.15, 0.2) is 11.8 Å². The second-order valence-corrected chi connectivity index (χ2v) is 9.83. The SMILES string of the molecule is C[C@@H]1CC[C@H]2[C@@H](C)C(=O)N(NCc3ccc(Cl)cc3)[C@@H]3O[C@@]4(C)CC[C@@H]1[C@@]23OO4. The maximum atomic E-state index is 13.4. The minimum absolute atomic E-state index is 0.0626. The van der Waals surface area contributed by atoms with Crippen LogP contribution in [0.4, 0.5) is 0 Å². The summed E-state index contributed by atoms with van der Waals surface area (Å²) in [5.74, 6) is -0.0388. The molecule has 7 atom stereocenters. The summed E-state index contributed by atoms with van der Waals surface area (Å²) in [4.78, 5) is 25.5. The number of amides is 1. The number of piperidine rings is 1. The summed E-state index contributed by atoms with van der Waals surface area (Å²) in [7, 11) is 0. The molecule has 29 heavy (non-hydrogen) atoms. The Labute approximate surface area is 176 Å². The van der Waals surface area contributed by atoms with Crippen LogP contribution in [-0.2, 0) is 25.9 Å². The van der Waals surface area contributed by atoms with Crippen molar-refractivity contribution in [1.29, 1.82) is 0 Å². The van der Waals surface area contributed by atoms with Crippen LogP contribution in [0.3, 0.4) is 0 Å². The Bertz CT molecular complexity index is 805. The van der Waals surface area contributed by atoms with E-state index in [1.807, 2.05) is 38.1 Å². The number of nitrogens with one attached hydrogen (secondary N) is 1. The lowest BCUT2D eigenvalue weighted by atomic mass is 9.57. The fourth-order valence-electron chi connectivity index (χ4n) is 6.00. The number of halogens is 1. The molecule has 6 rings (SSSR count). The van der Waals surface area contributed by atoms with Crippen LogP contribution in [0.25, 0.3) is 0 Å². The topological polar surface area (TPSA) is 60.0 Å². The molecule has 7 heteroatoms. The number of benzene rings is 1. The summed E-state index contributed by atoms with van der Waals surface area (Å²) in [6, 6.07) is 7.63. The molecular weight excluding hydrogens is 392 g/mol. The molecule has 1 N–H and O–H groups in total. The maximum absolute atomic E-state index is 13.4. The van der Waals surface area contributed by atoms with Gasteiger partial charge in [0.05, 0.1) is 0 Å². The highest BCUT2D eigenvalue weighted by molar-refractivity contribution is 6.30. The Morgan fingerprint density at radius 2 is 1.90 bits per heavy atom. The first-order valence-corrected chi connectivity index (χ1v) is 11.1. The third-order valence-electron chi connectivity index (χ3n) is 7.63. The first-order chi connectivity index (χ1) is 13.8. The van der Waals surface area contributed by atoms with Gasteiger partial charge in [-0.1, -0.05) is 37.6 Å². The summed E-state index contributed by atoms with van der Waals surface area (Å²) < 4.78 is 6.49. The molecule has 0 radical (unpaired) electrons. The molecule has 0 unspecified atom stereocenters. The molecule has 0 aromatic heterocycles. The Hall–Kier alpha value is -1.18. The van der Waals surface area contributed by atoms with Crippen molar-refractivity contribution >= 4 is 17.5 Å². The zero-order valence-electron chi connectivity index (χ0n) is 17.2. The highest BCUT2D eigenvalue weighted by atomic mass is 35.5. The molecule has 158 valence electrons. The van der Waals surface area contributed by atoms with Crippen LogP contribution in [-0.4, -0.2) is 28.5 Å². The summed E-state index contributed by atoms with van der Waals surface area (Å²) in [6.07, 6.45) is 3.31. The maximum Gasteiger partial charge on any atom is 0.242 e. The van der Waals surface area contributed by atoms with Crippen molar-refractivity contribution in [1.82, 2.24) is 10.4 Å². The number of carbonyl (C=O) groups excluding carboxylic acids is 1. The highest BCUT2D eigenvalue weighted by Crippen LogP contribution is 2.60. The summed E-state index contributed by atoms with van der Waals surface area (Å²) in [5.41, 5.74) is 3.76. The third-order valence-corrected chi connectivity index (χ3v) is 7.88. The number of fused-ring (bicyclic) bond motifs is 2. The van der Waals surface area contributed by atoms with Gasteiger partial charge in [0.25, 0.3) is 0 Å². The number of carbonyl (C=O) groups is 1. The Morgan fingerprint density at radius 3 is 2.66 bits per heavy atom. The third kappa shape index (κ3) is 2.95. The molecule has 1 aliphatic carbocycles. The van der Waals surface area contributed by atoms with Crippen LogP contribution in [0.1, 0.15) is 52.0 Å². The van der Waals surface area contributed by atoms with Crippen molar-refractivity contribution in [3.8, 4) is 0 Å². The van der Waals surface area contributed by atoms with Crippen molar-refractivity contribution in [3.63, 3.8) is 0 Å². The molecule has 1 aromatic carbocycles. The fourth-order valence-corrected chi connectivity index (χ4v) is 6.12. The predicted molar refractivity (Wildman–Crippen MR) is 107 cm³/mol. The summed E-state index contributed by atoms with van der Waals surface area (Å²) in [6.45, 7) is 6.73. The van der Waals surface area contributed by atoms with E-state index in [1.165, 1.54) is 0 Å². The average Bonchev–Trinajstić information content (AvgIpc) is 2.94. The summed E-state index contributed by atoms with van der Waals surface area (Å²) in [5, 5.41) is 2.38. The van der Waals surface area contributed by atoms with Crippen molar-refractivity contribution in [2.75, 3.05) is 0 Å². The van der Waals surface area contributed by atoms with Crippen LogP contribution in [0.2, 0.25) is 5.02 Å². The highest BCUT2D eigenvalue weighted by Gasteiger charge is 2.70. The van der Waals surface area contributed by atoms with E-state index in [-0.39, 0.29) is 17.7 Å². The zero-order chi connectivity index (χ0) is 20.4. The Morgan fingerprint density at radius 1 is 1.14 bits per heavy atom. The monoisotopic (exact) mass is 420 g/mol. The zero-order valence-corrected chi connectivity index (χ0v) is 17.9. The lowest BCUT2D eigenvalue weighted by Gasteiger charge is -2.61. The molecule has 5 aliphatic rings. The first-order valence-electron chi connectivity index (χ1n) is 10.7. The summed E-state index contributed by atoms with van der Waals surface area (Å²) >= 11 is 6.00. The van der Waals surface area contributed by atoms with Gasteiger partial charge in [0.2, 0.25) is 11.7 Å². The van der Waals surface area contributed by atoms with Gasteiger partial charge in [-0.25, -0.2) is 20.2 Å². The van der Waals surface area contributed by atoms with Gasteiger partial charge >= 0.3 is 0 Å². The smallest absolute Gasteiger partial charge is 0.242 e. The van der Waals surface area contributed by atoms with Crippen molar-refractivity contribution in [2.24, 2.45) is 23.7 Å². The largest absolute Gasteiger partial charge is 0.319 e. The second kappa shape index (κ2) is 6.92. The lowest BCUT2D eigenvalue weighted by Crippen LogP contribution is -2.76. The number of nitrogens with zero attached hydrogens (tertiary/aromatic N) is 1. The van der Waals surface area contributed by atoms with E-state index in [0.29, 0.717) is 23.4 Å². The van der Waals surface area contributed by atoms with Crippen molar-refractivity contribution in [2.45, 2.75) is 70.6 Å². The average molecular weight is 421 g/mol. The van der Waals surface area contributed by atoms with Gasteiger partial charge in [-0.05, 0) is 55.7 Å². The Balaban J connectivity index is 1.51. The molecule has 1 saturated carbocycles. The minimum atomic E-state index is -0.835. The van der Waals surface area contributed by atoms with Crippen LogP contribution in [0.5, 0.6) is 0 Å². The molecule has 4 heterocycles. The van der Waals surface area contributed by atoms with Crippen LogP contribution in [0.15, 0.2) is 24.3 Å². The number of hydrogen-bond donors (Lipinski definition) is 1. The van der Waals surface area contributed by atoms with Crippen LogP contribution < -0.4 is 5.43 Å². The molecule has 5 fully saturated rings. The number of hydrazine groups is 1. The number of hydrogen-bond acceptors (Lipinski definition) is 5. The predicted octanol–water partition coefficient (Wildman–Crippen LogP) is 4.04. The molecule has 1 spiro atoms. The number of rotatable bonds is 3. The van der Waals surface area contributed by atoms with E-state index < -0.39 is 17.6 Å². The molecule has 4 aliphatic heterocycles. The van der Waals surface area contributed by atoms with Gasteiger partial charge in [-0.15, -0.1) is 0 Å². The lowest BCUT2D eigenvalue weighted by molar-refractivity contribution is -0.549. The van der Waals surface area contributed by atoms with Crippen molar-refractivity contribution in [3.05, 3.63) is 34.9 Å². The van der Waals surface area contributed by atoms with E-state index >= 15 is 0 Å². The molecule has 1 aromatic rings. The second-order valence-electron chi connectivity index (χ2n) is 9.39. The normalized spacial score (nSPS) is 43.8. The van der Waals surface area contributed by atoms with Gasteiger partial charge in [0, 0.05) is 29.8 Å². The quantitative estimate of drug-likeness (QED) is 0.748. The van der Waals surface area contributed by atoms with E-state index in [0.717, 1.165) is 31.2 Å². The van der Waals surface area contributed by atoms with Gasteiger partial charge in [-0.2, -0.15) is 0 Å². The van der Waals surface area contributed by atoms with E-state index in [9.17, 15) is 4.79 Å². The van der Waals surface area contributed by atoms with Crippen molar-refractivity contribution < 1.29 is 19.3 Å². The van der Waals surface area contributed by atoms with Gasteiger partial charge in [0.1, 0.15) is 0 Å². The van der Waals surface area contributed by atoms with E-state index in [2.05, 4.69) is 12.3 Å². The van der Waals surface area contributed by atoms with Gasteiger partial charge < -0.3 is 4.74 Å². The van der Waals surface area contributed by atoms with E-state index in [1.54, 1.807) is 5.01 Å². The van der Waals surface area contributed by atoms with Crippen LogP contribution in [0, 0.1) is 23.7 Å². The molecule has 1 amide bonds. The standard InChI is InChI=1S/C22H29ClN2O4/c1-13-4-9-18-14(2)19(26)25(24-12-15-5-7-16(23)8-6-15)20-22(18)17(13)10-11-21(3,27-20)28-29-22/h5-8,13-14,17-18,20,24H,4,9-12H2,1-3H3/t13-,14-,17+,18+,20-,21-,22-/m1/s1. The first kappa shape index (κ1) is 19.8. The fraction of sp³-hybridized carbons (Fsp3) is 0.682. The Kier molecular flexibility index (Phi) is 4.72.